The quantitative estimate of drug-likeness (QED) is 0.600. The Labute approximate surface area is 73.2 Å². The average Bonchev–Trinajstić information content (AvgIpc) is 2.06. The van der Waals surface area contributed by atoms with Crippen LogP contribution >= 0.6 is 0 Å². The molecule has 0 atom stereocenters. The van der Waals surface area contributed by atoms with Crippen LogP contribution in [0.15, 0.2) is 17.3 Å². The molecule has 2 amide bonds. The molecule has 0 aromatic heterocycles. The number of hydrogen-bond donors (Lipinski definition) is 1. The van der Waals surface area contributed by atoms with Gasteiger partial charge in [-0.25, -0.2) is 4.79 Å². The Kier molecular flexibility index (Phi) is 2.63. The molecular formula is C7H7N2O4+. The van der Waals surface area contributed by atoms with Gasteiger partial charge in [-0.05, 0) is 4.70 Å². The maximum absolute atomic E-state index is 11.0. The molecule has 0 saturated carbocycles. The molecule has 6 nitrogen and oxygen atoms in total. The van der Waals surface area contributed by atoms with Crippen LogP contribution in [0.4, 0.5) is 0 Å². The number of carboxylic acids is 1. The standard InChI is InChI=1S/C7H6N2O4/c10-5-1-2-6(11)9(8-5)4-3-7(12)13/h1-2H,3-4H2/p+1. The van der Waals surface area contributed by atoms with Gasteiger partial charge in [0.05, 0.1) is 6.08 Å². The van der Waals surface area contributed by atoms with E-state index in [-0.39, 0.29) is 13.0 Å². The van der Waals surface area contributed by atoms with Crippen molar-refractivity contribution in [1.82, 2.24) is 0 Å². The second kappa shape index (κ2) is 3.70. The summed E-state index contributed by atoms with van der Waals surface area (Å²) in [5.41, 5.74) is 0. The highest BCUT2D eigenvalue weighted by Gasteiger charge is 2.23. The third-order valence-corrected chi connectivity index (χ3v) is 1.38. The van der Waals surface area contributed by atoms with Gasteiger partial charge < -0.3 is 5.11 Å². The first-order chi connectivity index (χ1) is 6.09. The van der Waals surface area contributed by atoms with Crippen LogP contribution in [0.3, 0.4) is 0 Å². The highest BCUT2D eigenvalue weighted by atomic mass is 16.4. The monoisotopic (exact) mass is 183 g/mol. The number of carboxylic acid groups (broad SMARTS) is 1. The smallest absolute Gasteiger partial charge is 0.437 e. The summed E-state index contributed by atoms with van der Waals surface area (Å²) in [5, 5.41) is 11.6. The average molecular weight is 183 g/mol. The number of carbonyl (C=O) groups is 3. The maximum atomic E-state index is 11.0. The summed E-state index contributed by atoms with van der Waals surface area (Å²) < 4.78 is 0.844. The molecule has 0 unspecified atom stereocenters. The second-order valence-corrected chi connectivity index (χ2v) is 2.38. The number of aliphatic carboxylic acids is 1. The van der Waals surface area contributed by atoms with Gasteiger partial charge in [-0.2, -0.15) is 0 Å². The molecule has 0 bridgehead atoms. The number of azo groups is 2. The van der Waals surface area contributed by atoms with Crippen molar-refractivity contribution < 1.29 is 24.2 Å². The van der Waals surface area contributed by atoms with E-state index in [9.17, 15) is 14.4 Å². The van der Waals surface area contributed by atoms with E-state index in [1.54, 1.807) is 0 Å². The van der Waals surface area contributed by atoms with Crippen molar-refractivity contribution in [2.75, 3.05) is 6.54 Å². The number of nitrogens with zero attached hydrogens (tertiary/aromatic N) is 2. The SMILES string of the molecule is O=C(O)CC[N+]1=NC(=O)C=CC1=O. The van der Waals surface area contributed by atoms with Crippen molar-refractivity contribution in [2.24, 2.45) is 5.11 Å². The molecule has 1 aliphatic heterocycles. The van der Waals surface area contributed by atoms with Gasteiger partial charge in [-0.3, -0.25) is 9.59 Å². The van der Waals surface area contributed by atoms with Crippen LogP contribution in [0.25, 0.3) is 0 Å². The molecule has 0 saturated heterocycles. The first-order valence-electron chi connectivity index (χ1n) is 3.56. The lowest BCUT2D eigenvalue weighted by Gasteiger charge is -1.95. The second-order valence-electron chi connectivity index (χ2n) is 2.38. The topological polar surface area (TPSA) is 86.8 Å². The number of rotatable bonds is 3. The Morgan fingerprint density at radius 1 is 1.46 bits per heavy atom. The lowest BCUT2D eigenvalue weighted by Crippen LogP contribution is -2.24. The molecular weight excluding hydrogens is 176 g/mol. The molecule has 6 heteroatoms. The minimum absolute atomic E-state index is 0.0791. The lowest BCUT2D eigenvalue weighted by atomic mass is 10.3. The molecule has 0 radical (unpaired) electrons. The van der Waals surface area contributed by atoms with Crippen LogP contribution in [-0.4, -0.2) is 34.1 Å². The summed E-state index contributed by atoms with van der Waals surface area (Å²) in [6, 6.07) is 0. The van der Waals surface area contributed by atoms with Crippen molar-refractivity contribution >= 4 is 17.8 Å². The van der Waals surface area contributed by atoms with Crippen LogP contribution in [0.1, 0.15) is 6.42 Å². The van der Waals surface area contributed by atoms with Crippen LogP contribution in [0.2, 0.25) is 0 Å². The Balaban J connectivity index is 2.63. The molecule has 0 spiro atoms. The highest BCUT2D eigenvalue weighted by Crippen LogP contribution is 1.96. The first kappa shape index (κ1) is 9.24. The molecule has 1 N–H and O–H groups in total. The third-order valence-electron chi connectivity index (χ3n) is 1.38. The van der Waals surface area contributed by atoms with Crippen molar-refractivity contribution in [2.45, 2.75) is 6.42 Å². The van der Waals surface area contributed by atoms with Gasteiger partial charge in [0.15, 0.2) is 6.54 Å². The van der Waals surface area contributed by atoms with Gasteiger partial charge in [0, 0.05) is 11.2 Å². The summed E-state index contributed by atoms with van der Waals surface area (Å²) in [5.74, 6) is -2.06. The maximum Gasteiger partial charge on any atom is 0.437 e. The third kappa shape index (κ3) is 2.58. The van der Waals surface area contributed by atoms with Crippen LogP contribution in [-0.2, 0) is 14.4 Å². The Morgan fingerprint density at radius 3 is 2.77 bits per heavy atom. The van der Waals surface area contributed by atoms with Crippen molar-refractivity contribution in [3.8, 4) is 0 Å². The van der Waals surface area contributed by atoms with E-state index in [0.717, 1.165) is 16.8 Å². The molecule has 1 heterocycles. The largest absolute Gasteiger partial charge is 0.481 e. The molecule has 0 fully saturated rings. The van der Waals surface area contributed by atoms with Crippen molar-refractivity contribution in [3.63, 3.8) is 0 Å². The Bertz CT molecular complexity index is 329. The summed E-state index contributed by atoms with van der Waals surface area (Å²) >= 11 is 0. The summed E-state index contributed by atoms with van der Waals surface area (Å²) in [6.45, 7) is -0.0791. The van der Waals surface area contributed by atoms with E-state index in [1.807, 2.05) is 0 Å². The van der Waals surface area contributed by atoms with E-state index in [1.165, 1.54) is 0 Å². The zero-order valence-electron chi connectivity index (χ0n) is 6.64. The molecule has 13 heavy (non-hydrogen) atoms. The molecule has 1 rings (SSSR count). The van der Waals surface area contributed by atoms with E-state index in [0.29, 0.717) is 0 Å². The predicted octanol–water partition coefficient (Wildman–Crippen LogP) is -0.451. The number of hydrogen-bond acceptors (Lipinski definition) is 3. The van der Waals surface area contributed by atoms with E-state index < -0.39 is 17.8 Å². The van der Waals surface area contributed by atoms with Gasteiger partial charge in [0.2, 0.25) is 0 Å². The molecule has 68 valence electrons. The van der Waals surface area contributed by atoms with Gasteiger partial charge in [-0.1, -0.05) is 0 Å². The minimum atomic E-state index is -1.04. The fourth-order valence-electron chi connectivity index (χ4n) is 0.792. The Hall–Kier alpha value is -1.85. The van der Waals surface area contributed by atoms with E-state index in [4.69, 9.17) is 5.11 Å². The molecule has 0 aromatic rings. The number of amides is 2. The van der Waals surface area contributed by atoms with Crippen LogP contribution in [0.5, 0.6) is 0 Å². The Morgan fingerprint density at radius 2 is 2.15 bits per heavy atom. The summed E-state index contributed by atoms with van der Waals surface area (Å²) in [7, 11) is 0. The van der Waals surface area contributed by atoms with Gasteiger partial charge in [-0.15, -0.1) is 0 Å². The van der Waals surface area contributed by atoms with Crippen molar-refractivity contribution in [1.29, 1.82) is 0 Å². The molecule has 0 aromatic carbocycles. The predicted molar refractivity (Wildman–Crippen MR) is 39.0 cm³/mol. The highest BCUT2D eigenvalue weighted by molar-refractivity contribution is 5.96. The van der Waals surface area contributed by atoms with Crippen LogP contribution < -0.4 is 0 Å². The van der Waals surface area contributed by atoms with E-state index in [2.05, 4.69) is 5.11 Å². The van der Waals surface area contributed by atoms with Gasteiger partial charge in [0.1, 0.15) is 6.42 Å². The molecule has 1 aliphatic rings. The summed E-state index contributed by atoms with van der Waals surface area (Å²) in [4.78, 5) is 31.8. The zero-order chi connectivity index (χ0) is 9.84. The molecule has 0 aliphatic carbocycles. The normalized spacial score (nSPS) is 15.8. The first-order valence-corrected chi connectivity index (χ1v) is 3.56. The zero-order valence-corrected chi connectivity index (χ0v) is 6.64. The summed E-state index contributed by atoms with van der Waals surface area (Å²) in [6.07, 6.45) is 1.88. The number of carbonyl (C=O) groups excluding carboxylic acids is 2. The van der Waals surface area contributed by atoms with E-state index >= 15 is 0 Å². The fraction of sp³-hybridized carbons (Fsp3) is 0.286. The lowest BCUT2D eigenvalue weighted by molar-refractivity contribution is -0.505. The van der Waals surface area contributed by atoms with Gasteiger partial charge in [0.25, 0.3) is 0 Å². The van der Waals surface area contributed by atoms with Crippen molar-refractivity contribution in [3.05, 3.63) is 12.2 Å². The fourth-order valence-corrected chi connectivity index (χ4v) is 0.792. The minimum Gasteiger partial charge on any atom is -0.481 e. The van der Waals surface area contributed by atoms with Gasteiger partial charge >= 0.3 is 17.8 Å². The van der Waals surface area contributed by atoms with Crippen LogP contribution in [0, 0.1) is 0 Å².